The Labute approximate surface area is 180 Å². The van der Waals surface area contributed by atoms with E-state index in [-0.39, 0.29) is 5.69 Å². The lowest BCUT2D eigenvalue weighted by molar-refractivity contribution is -0.137. The van der Waals surface area contributed by atoms with Gasteiger partial charge in [-0.25, -0.2) is 9.97 Å². The monoisotopic (exact) mass is 428 g/mol. The molecule has 0 radical (unpaired) electrons. The molecule has 0 amide bonds. The van der Waals surface area contributed by atoms with E-state index < -0.39 is 11.7 Å². The lowest BCUT2D eigenvalue weighted by atomic mass is 9.71. The smallest absolute Gasteiger partial charge is 0.367 e. The van der Waals surface area contributed by atoms with Crippen LogP contribution in [-0.2, 0) is 6.18 Å². The molecule has 0 saturated heterocycles. The van der Waals surface area contributed by atoms with Crippen LogP contribution < -0.4 is 5.32 Å². The second-order valence-corrected chi connectivity index (χ2v) is 9.41. The van der Waals surface area contributed by atoms with Crippen LogP contribution in [0.3, 0.4) is 0 Å². The molecule has 2 aromatic heterocycles. The van der Waals surface area contributed by atoms with Crippen LogP contribution in [0.15, 0.2) is 42.9 Å². The molecule has 1 aromatic carbocycles. The number of anilines is 1. The van der Waals surface area contributed by atoms with E-state index in [2.05, 4.69) is 41.0 Å². The van der Waals surface area contributed by atoms with Gasteiger partial charge in [0, 0.05) is 23.2 Å². The molecule has 1 N–H and O–H groups in total. The summed E-state index contributed by atoms with van der Waals surface area (Å²) in [6.07, 6.45) is 2.86. The lowest BCUT2D eigenvalue weighted by Gasteiger charge is -2.37. The predicted molar refractivity (Wildman–Crippen MR) is 117 cm³/mol. The van der Waals surface area contributed by atoms with Gasteiger partial charge < -0.3 is 5.32 Å². The third-order valence-electron chi connectivity index (χ3n) is 6.32. The van der Waals surface area contributed by atoms with Crippen LogP contribution in [0.1, 0.15) is 52.0 Å². The van der Waals surface area contributed by atoms with Gasteiger partial charge in [0.1, 0.15) is 12.1 Å². The van der Waals surface area contributed by atoms with E-state index in [0.717, 1.165) is 36.0 Å². The Bertz CT molecular complexity index is 1060. The first kappa shape index (κ1) is 21.5. The van der Waals surface area contributed by atoms with Gasteiger partial charge in [-0.05, 0) is 61.3 Å². The fourth-order valence-corrected chi connectivity index (χ4v) is 4.48. The van der Waals surface area contributed by atoms with E-state index in [1.165, 1.54) is 31.4 Å². The summed E-state index contributed by atoms with van der Waals surface area (Å²) < 4.78 is 40.2. The summed E-state index contributed by atoms with van der Waals surface area (Å²) in [4.78, 5) is 12.7. The largest absolute Gasteiger partial charge is 0.418 e. The summed E-state index contributed by atoms with van der Waals surface area (Å²) in [6.45, 7) is 6.90. The SMILES string of the molecule is CC(C)(C)C1CCC(Nc2ncnc3cc(-c4ncccc4C(F)(F)F)ccc23)CC1. The molecule has 3 aromatic rings. The number of hydrogen-bond donors (Lipinski definition) is 1. The number of nitrogens with zero attached hydrogens (tertiary/aromatic N) is 3. The standard InChI is InChI=1S/C24H27F3N4/c1-23(2,3)16-7-9-17(10-8-16)31-22-18-11-6-15(13-20(18)29-14-30-22)21-19(24(25,26)27)5-4-12-28-21/h4-6,11-14,16-17H,7-10H2,1-3H3,(H,29,30,31). The highest BCUT2D eigenvalue weighted by Gasteiger charge is 2.34. The molecule has 1 aliphatic rings. The summed E-state index contributed by atoms with van der Waals surface area (Å²) in [6, 6.07) is 7.77. The van der Waals surface area contributed by atoms with E-state index in [0.29, 0.717) is 22.5 Å². The van der Waals surface area contributed by atoms with E-state index in [1.807, 2.05) is 0 Å². The first-order valence-electron chi connectivity index (χ1n) is 10.7. The van der Waals surface area contributed by atoms with Gasteiger partial charge in [0.05, 0.1) is 16.8 Å². The molecule has 0 bridgehead atoms. The van der Waals surface area contributed by atoms with Crippen molar-refractivity contribution in [3.8, 4) is 11.3 Å². The molecule has 1 aliphatic carbocycles. The van der Waals surface area contributed by atoms with Crippen LogP contribution in [0.2, 0.25) is 0 Å². The Morgan fingerprint density at radius 2 is 1.68 bits per heavy atom. The van der Waals surface area contributed by atoms with Crippen LogP contribution in [0.25, 0.3) is 22.2 Å². The quantitative estimate of drug-likeness (QED) is 0.503. The first-order valence-corrected chi connectivity index (χ1v) is 10.7. The minimum absolute atomic E-state index is 0.0921. The Kier molecular flexibility index (Phi) is 5.62. The molecule has 0 unspecified atom stereocenters. The highest BCUT2D eigenvalue weighted by Crippen LogP contribution is 2.39. The summed E-state index contributed by atoms with van der Waals surface area (Å²) in [5, 5.41) is 4.34. The van der Waals surface area contributed by atoms with Crippen molar-refractivity contribution in [2.45, 2.75) is 58.7 Å². The van der Waals surface area contributed by atoms with Crippen molar-refractivity contribution in [1.29, 1.82) is 0 Å². The summed E-state index contributed by atoms with van der Waals surface area (Å²) in [5.74, 6) is 1.45. The van der Waals surface area contributed by atoms with Gasteiger partial charge in [-0.1, -0.05) is 26.8 Å². The van der Waals surface area contributed by atoms with Gasteiger partial charge in [-0.3, -0.25) is 4.98 Å². The topological polar surface area (TPSA) is 50.7 Å². The molecular weight excluding hydrogens is 401 g/mol. The maximum Gasteiger partial charge on any atom is 0.418 e. The van der Waals surface area contributed by atoms with Crippen molar-refractivity contribution < 1.29 is 13.2 Å². The fraction of sp³-hybridized carbons (Fsp3) is 0.458. The van der Waals surface area contributed by atoms with E-state index in [4.69, 9.17) is 0 Å². The number of hydrogen-bond acceptors (Lipinski definition) is 4. The van der Waals surface area contributed by atoms with Gasteiger partial charge >= 0.3 is 6.18 Å². The van der Waals surface area contributed by atoms with E-state index in [9.17, 15) is 13.2 Å². The third-order valence-corrected chi connectivity index (χ3v) is 6.32. The molecule has 0 atom stereocenters. The van der Waals surface area contributed by atoms with Crippen LogP contribution in [0.4, 0.5) is 19.0 Å². The number of pyridine rings is 1. The number of halogens is 3. The zero-order valence-electron chi connectivity index (χ0n) is 18.0. The van der Waals surface area contributed by atoms with Gasteiger partial charge in [0.15, 0.2) is 0 Å². The van der Waals surface area contributed by atoms with E-state index >= 15 is 0 Å². The molecule has 1 saturated carbocycles. The molecule has 2 heterocycles. The molecule has 0 aliphatic heterocycles. The number of aromatic nitrogens is 3. The molecule has 7 heteroatoms. The number of rotatable bonds is 3. The predicted octanol–water partition coefficient (Wildman–Crippen LogP) is 6.73. The molecule has 4 rings (SSSR count). The fourth-order valence-electron chi connectivity index (χ4n) is 4.48. The Balaban J connectivity index is 1.59. The van der Waals surface area contributed by atoms with E-state index in [1.54, 1.807) is 18.2 Å². The average Bonchev–Trinajstić information content (AvgIpc) is 2.73. The summed E-state index contributed by atoms with van der Waals surface area (Å²) >= 11 is 0. The van der Waals surface area contributed by atoms with Gasteiger partial charge in [-0.15, -0.1) is 0 Å². The summed E-state index contributed by atoms with van der Waals surface area (Å²) in [7, 11) is 0. The van der Waals surface area contributed by atoms with Crippen molar-refractivity contribution in [2.24, 2.45) is 11.3 Å². The van der Waals surface area contributed by atoms with Crippen molar-refractivity contribution in [3.05, 3.63) is 48.4 Å². The third kappa shape index (κ3) is 4.65. The molecule has 164 valence electrons. The minimum atomic E-state index is -4.47. The van der Waals surface area contributed by atoms with Crippen molar-refractivity contribution in [3.63, 3.8) is 0 Å². The van der Waals surface area contributed by atoms with Gasteiger partial charge in [0.2, 0.25) is 0 Å². The zero-order chi connectivity index (χ0) is 22.2. The van der Waals surface area contributed by atoms with Crippen LogP contribution >= 0.6 is 0 Å². The Hall–Kier alpha value is -2.70. The van der Waals surface area contributed by atoms with Crippen molar-refractivity contribution >= 4 is 16.7 Å². The second kappa shape index (κ2) is 8.09. The molecule has 1 fully saturated rings. The van der Waals surface area contributed by atoms with Gasteiger partial charge in [0.25, 0.3) is 0 Å². The van der Waals surface area contributed by atoms with Crippen LogP contribution in [-0.4, -0.2) is 21.0 Å². The maximum atomic E-state index is 13.4. The highest BCUT2D eigenvalue weighted by molar-refractivity contribution is 5.92. The minimum Gasteiger partial charge on any atom is -0.367 e. The Morgan fingerprint density at radius 1 is 0.935 bits per heavy atom. The van der Waals surface area contributed by atoms with Crippen molar-refractivity contribution in [1.82, 2.24) is 15.0 Å². The highest BCUT2D eigenvalue weighted by atomic mass is 19.4. The van der Waals surface area contributed by atoms with Crippen LogP contribution in [0.5, 0.6) is 0 Å². The van der Waals surface area contributed by atoms with Gasteiger partial charge in [-0.2, -0.15) is 13.2 Å². The van der Waals surface area contributed by atoms with Crippen molar-refractivity contribution in [2.75, 3.05) is 5.32 Å². The zero-order valence-corrected chi connectivity index (χ0v) is 18.0. The number of fused-ring (bicyclic) bond motifs is 1. The number of alkyl halides is 3. The first-order chi connectivity index (χ1) is 14.6. The second-order valence-electron chi connectivity index (χ2n) is 9.41. The lowest BCUT2D eigenvalue weighted by Crippen LogP contribution is -2.31. The molecule has 31 heavy (non-hydrogen) atoms. The molecule has 0 spiro atoms. The Morgan fingerprint density at radius 3 is 2.35 bits per heavy atom. The molecular formula is C24H27F3N4. The van der Waals surface area contributed by atoms with Crippen LogP contribution in [0, 0.1) is 11.3 Å². The average molecular weight is 429 g/mol. The molecule has 4 nitrogen and oxygen atoms in total. The number of nitrogens with one attached hydrogen (secondary N) is 1. The maximum absolute atomic E-state index is 13.4. The number of benzene rings is 1. The summed E-state index contributed by atoms with van der Waals surface area (Å²) in [5.41, 5.74) is 0.458. The normalized spacial score (nSPS) is 20.1.